The van der Waals surface area contributed by atoms with Crippen molar-refractivity contribution in [3.8, 4) is 0 Å². The molecule has 0 spiro atoms. The highest BCUT2D eigenvalue weighted by atomic mass is 15.0. The number of hydrogen-bond acceptors (Lipinski definition) is 2. The third kappa shape index (κ3) is 1.71. The minimum Gasteiger partial charge on any atom is -0.328 e. The smallest absolute Gasteiger partial charge is 0.140 e. The van der Waals surface area contributed by atoms with Gasteiger partial charge in [-0.15, -0.1) is 0 Å². The fourth-order valence-electron chi connectivity index (χ4n) is 2.17. The Hall–Kier alpha value is -1.35. The van der Waals surface area contributed by atoms with E-state index in [9.17, 15) is 0 Å². The van der Waals surface area contributed by atoms with E-state index in [-0.39, 0.29) is 6.04 Å². The van der Waals surface area contributed by atoms with Gasteiger partial charge in [0.2, 0.25) is 0 Å². The summed E-state index contributed by atoms with van der Waals surface area (Å²) in [6.07, 6.45) is 7.72. The van der Waals surface area contributed by atoms with E-state index in [0.717, 1.165) is 12.1 Å². The van der Waals surface area contributed by atoms with E-state index in [1.54, 1.807) is 0 Å². The molecule has 0 amide bonds. The van der Waals surface area contributed by atoms with Crippen LogP contribution in [0.5, 0.6) is 0 Å². The molecular formula is C13H17N3. The summed E-state index contributed by atoms with van der Waals surface area (Å²) in [5.41, 5.74) is 9.44. The van der Waals surface area contributed by atoms with Gasteiger partial charge in [-0.05, 0) is 37.8 Å². The molecule has 1 aliphatic carbocycles. The van der Waals surface area contributed by atoms with Gasteiger partial charge in [0.15, 0.2) is 0 Å². The summed E-state index contributed by atoms with van der Waals surface area (Å²) in [5, 5.41) is 0. The average molecular weight is 215 g/mol. The second-order valence-corrected chi connectivity index (χ2v) is 4.89. The van der Waals surface area contributed by atoms with Crippen LogP contribution in [0, 0.1) is 0 Å². The van der Waals surface area contributed by atoms with Gasteiger partial charge in [0, 0.05) is 24.4 Å². The first kappa shape index (κ1) is 9.85. The highest BCUT2D eigenvalue weighted by molar-refractivity contribution is 5.50. The predicted molar refractivity (Wildman–Crippen MR) is 64.5 cm³/mol. The van der Waals surface area contributed by atoms with Gasteiger partial charge in [-0.25, -0.2) is 4.98 Å². The SMILES string of the molecule is CC(N)Cc1cccn2cc(C3CC3)nc12. The molecule has 3 nitrogen and oxygen atoms in total. The molecule has 84 valence electrons. The first-order valence-electron chi connectivity index (χ1n) is 5.96. The van der Waals surface area contributed by atoms with Crippen molar-refractivity contribution >= 4 is 5.65 Å². The number of nitrogens with two attached hydrogens (primary N) is 1. The fraction of sp³-hybridized carbons (Fsp3) is 0.462. The van der Waals surface area contributed by atoms with Crippen molar-refractivity contribution in [3.05, 3.63) is 35.8 Å². The largest absolute Gasteiger partial charge is 0.328 e. The van der Waals surface area contributed by atoms with Crippen LogP contribution < -0.4 is 5.73 Å². The highest BCUT2D eigenvalue weighted by Crippen LogP contribution is 2.39. The quantitative estimate of drug-likeness (QED) is 0.852. The van der Waals surface area contributed by atoms with Gasteiger partial charge in [-0.3, -0.25) is 0 Å². The number of fused-ring (bicyclic) bond motifs is 1. The maximum Gasteiger partial charge on any atom is 0.140 e. The lowest BCUT2D eigenvalue weighted by atomic mass is 10.1. The molecule has 16 heavy (non-hydrogen) atoms. The molecule has 0 saturated heterocycles. The van der Waals surface area contributed by atoms with Crippen molar-refractivity contribution in [2.75, 3.05) is 0 Å². The third-order valence-corrected chi connectivity index (χ3v) is 3.12. The molecule has 2 aromatic rings. The predicted octanol–water partition coefficient (Wildman–Crippen LogP) is 2.10. The van der Waals surface area contributed by atoms with Crippen molar-refractivity contribution in [1.82, 2.24) is 9.38 Å². The molecule has 2 heterocycles. The van der Waals surface area contributed by atoms with Crippen molar-refractivity contribution in [1.29, 1.82) is 0 Å². The molecule has 1 aliphatic rings. The molecule has 0 aromatic carbocycles. The van der Waals surface area contributed by atoms with Crippen LogP contribution in [0.3, 0.4) is 0 Å². The van der Waals surface area contributed by atoms with E-state index in [1.165, 1.54) is 24.1 Å². The Morgan fingerprint density at radius 1 is 1.56 bits per heavy atom. The van der Waals surface area contributed by atoms with Crippen LogP contribution in [0.15, 0.2) is 24.5 Å². The lowest BCUT2D eigenvalue weighted by Gasteiger charge is -2.05. The van der Waals surface area contributed by atoms with Crippen LogP contribution in [0.2, 0.25) is 0 Å². The van der Waals surface area contributed by atoms with Crippen LogP contribution in [0.4, 0.5) is 0 Å². The van der Waals surface area contributed by atoms with Crippen LogP contribution in [0.25, 0.3) is 5.65 Å². The summed E-state index contributed by atoms with van der Waals surface area (Å²) in [5.74, 6) is 0.711. The fourth-order valence-corrected chi connectivity index (χ4v) is 2.17. The zero-order valence-corrected chi connectivity index (χ0v) is 9.56. The topological polar surface area (TPSA) is 43.3 Å². The van der Waals surface area contributed by atoms with Gasteiger partial charge in [-0.1, -0.05) is 6.07 Å². The van der Waals surface area contributed by atoms with Crippen molar-refractivity contribution < 1.29 is 0 Å². The maximum absolute atomic E-state index is 5.86. The number of pyridine rings is 1. The molecule has 2 aromatic heterocycles. The number of hydrogen-bond donors (Lipinski definition) is 1. The Morgan fingerprint density at radius 3 is 3.06 bits per heavy atom. The summed E-state index contributed by atoms with van der Waals surface area (Å²) < 4.78 is 2.13. The first-order valence-corrected chi connectivity index (χ1v) is 5.96. The molecule has 3 rings (SSSR count). The summed E-state index contributed by atoms with van der Waals surface area (Å²) >= 11 is 0. The van der Waals surface area contributed by atoms with E-state index in [2.05, 4.69) is 28.9 Å². The standard InChI is InChI=1S/C13H17N3/c1-9(14)7-11-3-2-6-16-8-12(10-4-5-10)15-13(11)16/h2-3,6,8-10H,4-5,7,14H2,1H3. The molecule has 0 radical (unpaired) electrons. The van der Waals surface area contributed by atoms with Gasteiger partial charge in [0.05, 0.1) is 5.69 Å². The first-order chi connectivity index (χ1) is 7.74. The van der Waals surface area contributed by atoms with Gasteiger partial charge in [0.1, 0.15) is 5.65 Å². The zero-order chi connectivity index (χ0) is 11.1. The molecule has 2 N–H and O–H groups in total. The van der Waals surface area contributed by atoms with Crippen molar-refractivity contribution in [2.45, 2.75) is 38.1 Å². The summed E-state index contributed by atoms with van der Waals surface area (Å²) in [6, 6.07) is 4.39. The zero-order valence-electron chi connectivity index (χ0n) is 9.56. The normalized spacial score (nSPS) is 17.9. The molecule has 1 atom stereocenters. The lowest BCUT2D eigenvalue weighted by molar-refractivity contribution is 0.738. The molecule has 3 heteroatoms. The summed E-state index contributed by atoms with van der Waals surface area (Å²) in [6.45, 7) is 2.04. The van der Waals surface area contributed by atoms with Gasteiger partial charge >= 0.3 is 0 Å². The molecule has 1 fully saturated rings. The minimum absolute atomic E-state index is 0.187. The Labute approximate surface area is 95.3 Å². The number of nitrogens with zero attached hydrogens (tertiary/aromatic N) is 2. The van der Waals surface area contributed by atoms with E-state index >= 15 is 0 Å². The summed E-state index contributed by atoms with van der Waals surface area (Å²) in [7, 11) is 0. The second kappa shape index (κ2) is 3.59. The van der Waals surface area contributed by atoms with E-state index in [1.807, 2.05) is 6.92 Å². The number of rotatable bonds is 3. The van der Waals surface area contributed by atoms with E-state index < -0.39 is 0 Å². The Bertz CT molecular complexity index is 509. The van der Waals surface area contributed by atoms with Crippen LogP contribution in [-0.4, -0.2) is 15.4 Å². The number of aromatic nitrogens is 2. The van der Waals surface area contributed by atoms with E-state index in [4.69, 9.17) is 10.7 Å². The minimum atomic E-state index is 0.187. The van der Waals surface area contributed by atoms with Gasteiger partial charge in [-0.2, -0.15) is 0 Å². The monoisotopic (exact) mass is 215 g/mol. The Kier molecular flexibility index (Phi) is 2.21. The molecular weight excluding hydrogens is 198 g/mol. The van der Waals surface area contributed by atoms with Crippen molar-refractivity contribution in [2.24, 2.45) is 5.73 Å². The maximum atomic E-state index is 5.86. The average Bonchev–Trinajstić information content (AvgIpc) is 2.98. The van der Waals surface area contributed by atoms with Crippen LogP contribution in [-0.2, 0) is 6.42 Å². The van der Waals surface area contributed by atoms with Gasteiger partial charge < -0.3 is 10.1 Å². The van der Waals surface area contributed by atoms with Crippen molar-refractivity contribution in [3.63, 3.8) is 0 Å². The Morgan fingerprint density at radius 2 is 2.38 bits per heavy atom. The number of imidazole rings is 1. The van der Waals surface area contributed by atoms with Crippen LogP contribution in [0.1, 0.15) is 36.9 Å². The molecule has 1 saturated carbocycles. The summed E-state index contributed by atoms with van der Waals surface area (Å²) in [4.78, 5) is 4.74. The molecule has 1 unspecified atom stereocenters. The second-order valence-electron chi connectivity index (χ2n) is 4.89. The lowest BCUT2D eigenvalue weighted by Crippen LogP contribution is -2.18. The molecule has 0 aliphatic heterocycles. The Balaban J connectivity index is 2.06. The third-order valence-electron chi connectivity index (χ3n) is 3.12. The van der Waals surface area contributed by atoms with Crippen LogP contribution >= 0.6 is 0 Å². The van der Waals surface area contributed by atoms with Gasteiger partial charge in [0.25, 0.3) is 0 Å². The molecule has 0 bridgehead atoms. The van der Waals surface area contributed by atoms with E-state index in [0.29, 0.717) is 5.92 Å². The highest BCUT2D eigenvalue weighted by Gasteiger charge is 2.26.